The summed E-state index contributed by atoms with van der Waals surface area (Å²) < 4.78 is 0. The minimum absolute atomic E-state index is 0.121. The van der Waals surface area contributed by atoms with Crippen molar-refractivity contribution in [1.82, 2.24) is 16.3 Å². The van der Waals surface area contributed by atoms with Crippen LogP contribution in [-0.4, -0.2) is 5.91 Å². The van der Waals surface area contributed by atoms with Crippen LogP contribution < -0.4 is 21.7 Å². The summed E-state index contributed by atoms with van der Waals surface area (Å²) in [6.07, 6.45) is 10.4. The maximum atomic E-state index is 12.4. The summed E-state index contributed by atoms with van der Waals surface area (Å²) in [6, 6.07) is 7.54. The van der Waals surface area contributed by atoms with Crippen LogP contribution in [0, 0.1) is 5.92 Å². The van der Waals surface area contributed by atoms with Gasteiger partial charge in [-0.15, -0.1) is 0 Å². The number of amides is 1. The number of hydrogen-bond donors (Lipinski definition) is 4. The molecule has 0 aromatic heterocycles. The molecule has 0 heterocycles. The van der Waals surface area contributed by atoms with Gasteiger partial charge in [-0.05, 0) is 76.0 Å². The van der Waals surface area contributed by atoms with E-state index in [-0.39, 0.29) is 5.91 Å². The van der Waals surface area contributed by atoms with Crippen molar-refractivity contribution in [3.63, 3.8) is 0 Å². The standard InChI is InChI=1S/C21H30N4O/c1-15-8-3-5-12-19(15)23-22-18-11-7-10-17(14-18)21(26)25-24-20-13-6-4-9-16(20)2/h7,10-12,14-15,22-24H,3-6,8-9,13H2,1-2H3,(H,25,26)/t15-/m0/s1. The topological polar surface area (TPSA) is 65.2 Å². The number of hydrogen-bond acceptors (Lipinski definition) is 4. The van der Waals surface area contributed by atoms with Gasteiger partial charge in [0.05, 0.1) is 5.69 Å². The smallest absolute Gasteiger partial charge is 0.269 e. The SMILES string of the molecule is CC1=C(NNC(=O)c2cccc(NNC3=CCCC[C@@H]3C)c2)CCCC1. The summed E-state index contributed by atoms with van der Waals surface area (Å²) in [5.74, 6) is 0.420. The first-order valence-electron chi connectivity index (χ1n) is 9.70. The van der Waals surface area contributed by atoms with E-state index >= 15 is 0 Å². The summed E-state index contributed by atoms with van der Waals surface area (Å²) in [5.41, 5.74) is 17.7. The van der Waals surface area contributed by atoms with Crippen LogP contribution in [-0.2, 0) is 0 Å². The van der Waals surface area contributed by atoms with Crippen molar-refractivity contribution in [2.75, 3.05) is 5.43 Å². The Morgan fingerprint density at radius 3 is 2.73 bits per heavy atom. The summed E-state index contributed by atoms with van der Waals surface area (Å²) in [5, 5.41) is 0. The molecule has 0 bridgehead atoms. The molecular formula is C21H30N4O. The van der Waals surface area contributed by atoms with Crippen LogP contribution in [0.15, 0.2) is 47.3 Å². The molecule has 140 valence electrons. The van der Waals surface area contributed by atoms with E-state index in [1.165, 1.54) is 37.0 Å². The predicted octanol–water partition coefficient (Wildman–Crippen LogP) is 4.39. The van der Waals surface area contributed by atoms with Crippen LogP contribution in [0.3, 0.4) is 0 Å². The number of nitrogens with one attached hydrogen (secondary N) is 4. The van der Waals surface area contributed by atoms with Crippen LogP contribution in [0.25, 0.3) is 0 Å². The van der Waals surface area contributed by atoms with Crippen molar-refractivity contribution in [3.05, 3.63) is 52.9 Å². The Morgan fingerprint density at radius 2 is 1.92 bits per heavy atom. The lowest BCUT2D eigenvalue weighted by atomic mass is 9.94. The summed E-state index contributed by atoms with van der Waals surface area (Å²) in [4.78, 5) is 12.4. The van der Waals surface area contributed by atoms with E-state index in [9.17, 15) is 4.79 Å². The van der Waals surface area contributed by atoms with Crippen molar-refractivity contribution >= 4 is 11.6 Å². The second kappa shape index (κ2) is 8.79. The third kappa shape index (κ3) is 4.81. The van der Waals surface area contributed by atoms with Gasteiger partial charge in [-0.2, -0.15) is 0 Å². The number of hydrazine groups is 2. The van der Waals surface area contributed by atoms with Crippen LogP contribution in [0.4, 0.5) is 5.69 Å². The molecule has 5 nitrogen and oxygen atoms in total. The number of rotatable bonds is 6. The van der Waals surface area contributed by atoms with E-state index in [0.717, 1.165) is 30.6 Å². The Hall–Kier alpha value is -2.43. The van der Waals surface area contributed by atoms with Gasteiger partial charge in [0.1, 0.15) is 0 Å². The first-order valence-corrected chi connectivity index (χ1v) is 9.70. The van der Waals surface area contributed by atoms with Gasteiger partial charge in [-0.25, -0.2) is 0 Å². The zero-order valence-electron chi connectivity index (χ0n) is 15.8. The van der Waals surface area contributed by atoms with Crippen molar-refractivity contribution in [3.8, 4) is 0 Å². The van der Waals surface area contributed by atoms with Gasteiger partial charge in [0.2, 0.25) is 0 Å². The average Bonchev–Trinajstić information content (AvgIpc) is 2.67. The second-order valence-electron chi connectivity index (χ2n) is 7.37. The van der Waals surface area contributed by atoms with Crippen LogP contribution in [0.5, 0.6) is 0 Å². The van der Waals surface area contributed by atoms with Crippen molar-refractivity contribution in [2.45, 2.75) is 58.8 Å². The molecule has 0 saturated heterocycles. The van der Waals surface area contributed by atoms with Crippen LogP contribution >= 0.6 is 0 Å². The van der Waals surface area contributed by atoms with Crippen molar-refractivity contribution in [2.24, 2.45) is 5.92 Å². The lowest BCUT2D eigenvalue weighted by molar-refractivity contribution is 0.0938. The van der Waals surface area contributed by atoms with Crippen LogP contribution in [0.2, 0.25) is 0 Å². The largest absolute Gasteiger partial charge is 0.305 e. The molecule has 26 heavy (non-hydrogen) atoms. The van der Waals surface area contributed by atoms with E-state index in [0.29, 0.717) is 11.5 Å². The molecule has 4 N–H and O–H groups in total. The fourth-order valence-electron chi connectivity index (χ4n) is 3.52. The minimum atomic E-state index is -0.121. The maximum absolute atomic E-state index is 12.4. The maximum Gasteiger partial charge on any atom is 0.269 e. The molecule has 5 heteroatoms. The van der Waals surface area contributed by atoms with Gasteiger partial charge in [0, 0.05) is 17.0 Å². The second-order valence-corrected chi connectivity index (χ2v) is 7.37. The summed E-state index contributed by atoms with van der Waals surface area (Å²) in [6.45, 7) is 4.36. The summed E-state index contributed by atoms with van der Waals surface area (Å²) >= 11 is 0. The van der Waals surface area contributed by atoms with E-state index < -0.39 is 0 Å². The highest BCUT2D eigenvalue weighted by atomic mass is 16.2. The molecule has 0 unspecified atom stereocenters. The molecule has 1 atom stereocenters. The molecular weight excluding hydrogens is 324 g/mol. The van der Waals surface area contributed by atoms with E-state index in [2.05, 4.69) is 41.6 Å². The van der Waals surface area contributed by atoms with Gasteiger partial charge >= 0.3 is 0 Å². The number of carbonyl (C=O) groups excluding carboxylic acids is 1. The van der Waals surface area contributed by atoms with Crippen LogP contribution in [0.1, 0.15) is 69.2 Å². The molecule has 1 amide bonds. The Balaban J connectivity index is 1.56. The first kappa shape index (κ1) is 18.4. The van der Waals surface area contributed by atoms with Gasteiger partial charge in [0.15, 0.2) is 0 Å². The number of anilines is 1. The molecule has 0 radical (unpaired) electrons. The first-order chi connectivity index (χ1) is 12.6. The fraction of sp³-hybridized carbons (Fsp3) is 0.476. The number of allylic oxidation sites excluding steroid dienone is 4. The Kier molecular flexibility index (Phi) is 6.21. The Bertz CT molecular complexity index is 708. The van der Waals surface area contributed by atoms with Gasteiger partial charge in [-0.1, -0.05) is 24.6 Å². The lowest BCUT2D eigenvalue weighted by Crippen LogP contribution is -2.37. The third-order valence-corrected chi connectivity index (χ3v) is 5.28. The third-order valence-electron chi connectivity index (χ3n) is 5.28. The number of carbonyl (C=O) groups is 1. The van der Waals surface area contributed by atoms with Gasteiger partial charge in [0.25, 0.3) is 5.91 Å². The minimum Gasteiger partial charge on any atom is -0.305 e. The average molecular weight is 354 g/mol. The Labute approximate surface area is 156 Å². The lowest BCUT2D eigenvalue weighted by Gasteiger charge is -2.23. The quantitative estimate of drug-likeness (QED) is 0.572. The highest BCUT2D eigenvalue weighted by Crippen LogP contribution is 2.23. The molecule has 0 fully saturated rings. The molecule has 0 spiro atoms. The molecule has 2 aliphatic rings. The number of benzene rings is 1. The Morgan fingerprint density at radius 1 is 1.08 bits per heavy atom. The van der Waals surface area contributed by atoms with E-state index in [4.69, 9.17) is 0 Å². The molecule has 0 saturated carbocycles. The monoisotopic (exact) mass is 354 g/mol. The zero-order valence-corrected chi connectivity index (χ0v) is 15.8. The molecule has 2 aliphatic carbocycles. The van der Waals surface area contributed by atoms with Gasteiger partial charge < -0.3 is 16.3 Å². The molecule has 1 aromatic rings. The van der Waals surface area contributed by atoms with Gasteiger partial charge in [-0.3, -0.25) is 10.2 Å². The fourth-order valence-corrected chi connectivity index (χ4v) is 3.52. The predicted molar refractivity (Wildman–Crippen MR) is 106 cm³/mol. The van der Waals surface area contributed by atoms with Crippen molar-refractivity contribution < 1.29 is 4.79 Å². The highest BCUT2D eigenvalue weighted by molar-refractivity contribution is 5.94. The summed E-state index contributed by atoms with van der Waals surface area (Å²) in [7, 11) is 0. The highest BCUT2D eigenvalue weighted by Gasteiger charge is 2.13. The molecule has 3 rings (SSSR count). The zero-order chi connectivity index (χ0) is 18.4. The normalized spacial score (nSPS) is 20.2. The van der Waals surface area contributed by atoms with E-state index in [1.54, 1.807) is 0 Å². The molecule has 0 aliphatic heterocycles. The van der Waals surface area contributed by atoms with E-state index in [1.807, 2.05) is 24.3 Å². The molecule has 1 aromatic carbocycles. The van der Waals surface area contributed by atoms with Crippen molar-refractivity contribution in [1.29, 1.82) is 0 Å².